The van der Waals surface area contributed by atoms with Crippen molar-refractivity contribution in [2.45, 2.75) is 18.7 Å². The fraction of sp³-hybridized carbons (Fsp3) is 0.600. The Hall–Kier alpha value is -0.440. The normalized spacial score (nSPS) is 17.2. The fourth-order valence-corrected chi connectivity index (χ4v) is 3.25. The molecule has 1 saturated heterocycles. The van der Waals surface area contributed by atoms with Crippen LogP contribution in [0.5, 0.6) is 0 Å². The summed E-state index contributed by atoms with van der Waals surface area (Å²) in [5.74, 6) is 1.34. The molecule has 106 valence electrons. The molecule has 0 N–H and O–H groups in total. The lowest BCUT2D eigenvalue weighted by molar-refractivity contribution is 0.285. The molecule has 0 atom stereocenters. The summed E-state index contributed by atoms with van der Waals surface area (Å²) in [6, 6.07) is 6.04. The molecule has 0 saturated carbocycles. The minimum absolute atomic E-state index is 0.521. The highest BCUT2D eigenvalue weighted by Gasteiger charge is 2.21. The van der Waals surface area contributed by atoms with Gasteiger partial charge < -0.3 is 9.80 Å². The Morgan fingerprint density at radius 3 is 2.53 bits per heavy atom. The first kappa shape index (κ1) is 15.0. The second-order valence-corrected chi connectivity index (χ2v) is 6.30. The minimum Gasteiger partial charge on any atom is -0.371 e. The van der Waals surface area contributed by atoms with Crippen molar-refractivity contribution in [1.29, 1.82) is 0 Å². The van der Waals surface area contributed by atoms with Gasteiger partial charge in [0.25, 0.3) is 0 Å². The Labute approximate surface area is 126 Å². The molecule has 19 heavy (non-hydrogen) atoms. The van der Waals surface area contributed by atoms with Gasteiger partial charge in [0.05, 0.1) is 0 Å². The predicted molar refractivity (Wildman–Crippen MR) is 84.5 cm³/mol. The van der Waals surface area contributed by atoms with Gasteiger partial charge in [-0.1, -0.05) is 11.6 Å². The molecule has 0 aromatic heterocycles. The van der Waals surface area contributed by atoms with Crippen molar-refractivity contribution in [2.24, 2.45) is 5.92 Å². The summed E-state index contributed by atoms with van der Waals surface area (Å²) >= 11 is 12.1. The van der Waals surface area contributed by atoms with Gasteiger partial charge in [0.15, 0.2) is 0 Å². The Bertz CT molecular complexity index is 413. The van der Waals surface area contributed by atoms with E-state index in [0.717, 1.165) is 29.6 Å². The van der Waals surface area contributed by atoms with Crippen LogP contribution < -0.4 is 4.90 Å². The number of halogens is 2. The minimum atomic E-state index is 0.521. The Balaban J connectivity index is 2.01. The van der Waals surface area contributed by atoms with Crippen molar-refractivity contribution in [1.82, 2.24) is 4.90 Å². The van der Waals surface area contributed by atoms with Gasteiger partial charge in [-0.15, -0.1) is 11.6 Å². The maximum absolute atomic E-state index is 6.03. The summed E-state index contributed by atoms with van der Waals surface area (Å²) in [6.07, 6.45) is 2.51. The molecule has 1 aliphatic heterocycles. The zero-order valence-corrected chi connectivity index (χ0v) is 13.2. The number of alkyl halides is 1. The molecule has 0 aliphatic carbocycles. The van der Waals surface area contributed by atoms with E-state index in [1.54, 1.807) is 0 Å². The molecule has 0 unspecified atom stereocenters. The first-order valence-electron chi connectivity index (χ1n) is 6.84. The molecule has 1 aromatic carbocycles. The molecule has 0 amide bonds. The molecule has 2 rings (SSSR count). The Morgan fingerprint density at radius 2 is 1.95 bits per heavy atom. The lowest BCUT2D eigenvalue weighted by Gasteiger charge is -2.35. The zero-order chi connectivity index (χ0) is 13.8. The third-order valence-electron chi connectivity index (χ3n) is 3.76. The number of piperidine rings is 1. The molecule has 1 aromatic rings. The number of benzene rings is 1. The van der Waals surface area contributed by atoms with Crippen LogP contribution in [0, 0.1) is 5.92 Å². The van der Waals surface area contributed by atoms with Crippen LogP contribution in [0.2, 0.25) is 5.02 Å². The summed E-state index contributed by atoms with van der Waals surface area (Å²) in [6.45, 7) is 3.42. The van der Waals surface area contributed by atoms with Gasteiger partial charge in [0, 0.05) is 36.2 Å². The van der Waals surface area contributed by atoms with Crippen LogP contribution in [0.15, 0.2) is 18.2 Å². The highest BCUT2D eigenvalue weighted by atomic mass is 35.5. The van der Waals surface area contributed by atoms with Gasteiger partial charge in [-0.3, -0.25) is 0 Å². The Kier molecular flexibility index (Phi) is 5.37. The molecular weight excluding hydrogens is 279 g/mol. The number of nitrogens with zero attached hydrogens (tertiary/aromatic N) is 2. The van der Waals surface area contributed by atoms with Gasteiger partial charge in [-0.2, -0.15) is 0 Å². The standard InChI is InChI=1S/C15H22Cl2N2/c1-18(2)11-12-5-7-19(8-6-12)15-4-3-14(17)9-13(15)10-16/h3-4,9,12H,5-8,10-11H2,1-2H3. The van der Waals surface area contributed by atoms with Crippen molar-refractivity contribution >= 4 is 28.9 Å². The highest BCUT2D eigenvalue weighted by molar-refractivity contribution is 6.30. The molecule has 0 radical (unpaired) electrons. The van der Waals surface area contributed by atoms with Crippen molar-refractivity contribution in [3.05, 3.63) is 28.8 Å². The number of anilines is 1. The van der Waals surface area contributed by atoms with Gasteiger partial charge in [0.2, 0.25) is 0 Å². The van der Waals surface area contributed by atoms with Crippen LogP contribution in [-0.4, -0.2) is 38.6 Å². The van der Waals surface area contributed by atoms with Crippen molar-refractivity contribution in [3.63, 3.8) is 0 Å². The third kappa shape index (κ3) is 4.01. The topological polar surface area (TPSA) is 6.48 Å². The lowest BCUT2D eigenvalue weighted by Crippen LogP contribution is -2.37. The van der Waals surface area contributed by atoms with E-state index in [-0.39, 0.29) is 0 Å². The highest BCUT2D eigenvalue weighted by Crippen LogP contribution is 2.29. The Morgan fingerprint density at radius 1 is 1.26 bits per heavy atom. The predicted octanol–water partition coefficient (Wildman–Crippen LogP) is 3.86. The molecule has 1 aliphatic rings. The average Bonchev–Trinajstić information content (AvgIpc) is 2.39. The van der Waals surface area contributed by atoms with Crippen LogP contribution in [0.3, 0.4) is 0 Å². The van der Waals surface area contributed by atoms with Gasteiger partial charge in [0.1, 0.15) is 0 Å². The van der Waals surface area contributed by atoms with Crippen LogP contribution in [0.25, 0.3) is 0 Å². The van der Waals surface area contributed by atoms with E-state index >= 15 is 0 Å². The maximum atomic E-state index is 6.03. The van der Waals surface area contributed by atoms with E-state index in [9.17, 15) is 0 Å². The van der Waals surface area contributed by atoms with Gasteiger partial charge >= 0.3 is 0 Å². The molecule has 1 heterocycles. The summed E-state index contributed by atoms with van der Waals surface area (Å²) < 4.78 is 0. The largest absolute Gasteiger partial charge is 0.371 e. The molecule has 0 spiro atoms. The van der Waals surface area contributed by atoms with E-state index in [4.69, 9.17) is 23.2 Å². The van der Waals surface area contributed by atoms with Gasteiger partial charge in [-0.05, 0) is 56.6 Å². The van der Waals surface area contributed by atoms with Crippen LogP contribution in [0.4, 0.5) is 5.69 Å². The molecule has 1 fully saturated rings. The quantitative estimate of drug-likeness (QED) is 0.779. The SMILES string of the molecule is CN(C)CC1CCN(c2ccc(Cl)cc2CCl)CC1. The third-order valence-corrected chi connectivity index (χ3v) is 4.29. The fourth-order valence-electron chi connectivity index (χ4n) is 2.84. The van der Waals surface area contributed by atoms with Crippen molar-refractivity contribution in [3.8, 4) is 0 Å². The van der Waals surface area contributed by atoms with Crippen molar-refractivity contribution in [2.75, 3.05) is 38.6 Å². The molecule has 4 heteroatoms. The van der Waals surface area contributed by atoms with Crippen LogP contribution in [-0.2, 0) is 5.88 Å². The van der Waals surface area contributed by atoms with Crippen LogP contribution >= 0.6 is 23.2 Å². The van der Waals surface area contributed by atoms with E-state index in [2.05, 4.69) is 30.0 Å². The van der Waals surface area contributed by atoms with E-state index in [1.165, 1.54) is 25.1 Å². The summed E-state index contributed by atoms with van der Waals surface area (Å²) in [4.78, 5) is 4.73. The molecule has 2 nitrogen and oxygen atoms in total. The monoisotopic (exact) mass is 300 g/mol. The number of hydrogen-bond acceptors (Lipinski definition) is 2. The van der Waals surface area contributed by atoms with Crippen LogP contribution in [0.1, 0.15) is 18.4 Å². The second-order valence-electron chi connectivity index (χ2n) is 5.60. The van der Waals surface area contributed by atoms with E-state index in [0.29, 0.717) is 5.88 Å². The summed E-state index contributed by atoms with van der Waals surface area (Å²) in [7, 11) is 4.30. The maximum Gasteiger partial charge on any atom is 0.0495 e. The number of rotatable bonds is 4. The zero-order valence-electron chi connectivity index (χ0n) is 11.7. The first-order chi connectivity index (χ1) is 9.10. The van der Waals surface area contributed by atoms with Gasteiger partial charge in [-0.25, -0.2) is 0 Å². The molecular formula is C15H22Cl2N2. The van der Waals surface area contributed by atoms with Crippen molar-refractivity contribution < 1.29 is 0 Å². The summed E-state index contributed by atoms with van der Waals surface area (Å²) in [5.41, 5.74) is 2.39. The van der Waals surface area contributed by atoms with E-state index < -0.39 is 0 Å². The average molecular weight is 301 g/mol. The number of hydrogen-bond donors (Lipinski definition) is 0. The smallest absolute Gasteiger partial charge is 0.0495 e. The lowest BCUT2D eigenvalue weighted by atomic mass is 9.95. The second kappa shape index (κ2) is 6.83. The van der Waals surface area contributed by atoms with E-state index in [1.807, 2.05) is 12.1 Å². The first-order valence-corrected chi connectivity index (χ1v) is 7.75. The summed E-state index contributed by atoms with van der Waals surface area (Å²) in [5, 5.41) is 0.766. The molecule has 0 bridgehead atoms.